The normalized spacial score (nSPS) is 17.6. The van der Waals surface area contributed by atoms with Gasteiger partial charge in [0.05, 0.1) is 31.7 Å². The van der Waals surface area contributed by atoms with Crippen molar-refractivity contribution >= 4 is 43.1 Å². The molecule has 282 valence electrons. The lowest BCUT2D eigenvalue weighted by molar-refractivity contribution is -0.245. The number of imide groups is 1. The highest BCUT2D eigenvalue weighted by Crippen LogP contribution is 2.43. The minimum Gasteiger partial charge on any atom is -0.459 e. The quantitative estimate of drug-likeness (QED) is 0.0671. The van der Waals surface area contributed by atoms with E-state index in [4.69, 9.17) is 18.6 Å². The Morgan fingerprint density at radius 2 is 1.31 bits per heavy atom. The van der Waals surface area contributed by atoms with E-state index in [0.29, 0.717) is 39.0 Å². The van der Waals surface area contributed by atoms with Gasteiger partial charge in [-0.25, -0.2) is 24.6 Å². The molecule has 2 atom stereocenters. The number of aromatic nitrogens is 4. The lowest BCUT2D eigenvalue weighted by Gasteiger charge is -2.46. The van der Waals surface area contributed by atoms with Crippen molar-refractivity contribution in [1.82, 2.24) is 19.5 Å². The van der Waals surface area contributed by atoms with Crippen LogP contribution >= 0.6 is 0 Å². The lowest BCUT2D eigenvalue weighted by Crippen LogP contribution is -2.57. The number of nitrogens with zero attached hydrogens (tertiary/aromatic N) is 5. The Kier molecular flexibility index (Phi) is 11.8. The van der Waals surface area contributed by atoms with Gasteiger partial charge in [0.1, 0.15) is 18.5 Å². The van der Waals surface area contributed by atoms with E-state index in [0.717, 1.165) is 4.90 Å². The van der Waals surface area contributed by atoms with Crippen LogP contribution in [0.25, 0.3) is 11.2 Å². The number of anilines is 1. The zero-order valence-corrected chi connectivity index (χ0v) is 32.5. The first-order valence-corrected chi connectivity index (χ1v) is 20.4. The van der Waals surface area contributed by atoms with Crippen LogP contribution in [0.2, 0.25) is 16.6 Å². The molecule has 12 nitrogen and oxygen atoms in total. The molecule has 3 aromatic carbocycles. The van der Waals surface area contributed by atoms with Crippen LogP contribution in [-0.2, 0) is 18.6 Å². The number of ether oxygens (including phenoxy) is 3. The summed E-state index contributed by atoms with van der Waals surface area (Å²) in [5.41, 5.74) is 1.26. The first kappa shape index (κ1) is 38.6. The van der Waals surface area contributed by atoms with E-state index < -0.39 is 37.9 Å². The summed E-state index contributed by atoms with van der Waals surface area (Å²) in [5.74, 6) is -1.61. The predicted octanol–water partition coefficient (Wildman–Crippen LogP) is 7.65. The number of imidazole rings is 1. The fraction of sp³-hybridized carbons (Fsp3) is 0.366. The second-order valence-electron chi connectivity index (χ2n) is 14.5. The maximum absolute atomic E-state index is 14.0. The van der Waals surface area contributed by atoms with Gasteiger partial charge in [-0.3, -0.25) is 14.2 Å². The van der Waals surface area contributed by atoms with Crippen molar-refractivity contribution in [2.75, 3.05) is 31.3 Å². The molecular formula is C41H47N5O7Si. The summed E-state index contributed by atoms with van der Waals surface area (Å²) >= 11 is 0. The molecule has 1 aliphatic rings. The van der Waals surface area contributed by atoms with Crippen molar-refractivity contribution < 1.29 is 33.0 Å². The van der Waals surface area contributed by atoms with E-state index >= 15 is 0 Å². The molecule has 0 aliphatic carbocycles. The van der Waals surface area contributed by atoms with Crippen LogP contribution in [0.1, 0.15) is 78.8 Å². The van der Waals surface area contributed by atoms with Gasteiger partial charge in [-0.15, -0.1) is 0 Å². The largest absolute Gasteiger partial charge is 0.459 e. The van der Waals surface area contributed by atoms with Gasteiger partial charge in [-0.05, 0) is 53.0 Å². The van der Waals surface area contributed by atoms with E-state index in [9.17, 15) is 14.4 Å². The first-order valence-electron chi connectivity index (χ1n) is 18.3. The van der Waals surface area contributed by atoms with Gasteiger partial charge in [0.25, 0.3) is 11.8 Å². The molecule has 5 aromatic rings. The SMILES string of the molecule is CC(C)[Si](OC[C@@]1(COC(=O)c2ccccc2)COC[C@H](n2cnc3c(N(C(=O)c4ccccc4)C(=O)c4ccccc4)ncnc32)O1)(C(C)C)C(C)C. The Morgan fingerprint density at radius 1 is 0.778 bits per heavy atom. The third kappa shape index (κ3) is 7.76. The Bertz CT molecular complexity index is 1990. The monoisotopic (exact) mass is 749 g/mol. The van der Waals surface area contributed by atoms with Crippen LogP contribution in [0, 0.1) is 0 Å². The molecule has 1 fully saturated rings. The smallest absolute Gasteiger partial charge is 0.338 e. The highest BCUT2D eigenvalue weighted by atomic mass is 28.4. The van der Waals surface area contributed by atoms with Crippen LogP contribution in [0.4, 0.5) is 5.82 Å². The summed E-state index contributed by atoms with van der Waals surface area (Å²) in [6, 6.07) is 25.8. The molecule has 0 N–H and O–H groups in total. The maximum atomic E-state index is 14.0. The first-order chi connectivity index (χ1) is 26.0. The fourth-order valence-corrected chi connectivity index (χ4v) is 13.1. The number of esters is 1. The Morgan fingerprint density at radius 3 is 1.85 bits per heavy atom. The van der Waals surface area contributed by atoms with Gasteiger partial charge in [-0.1, -0.05) is 96.1 Å². The highest BCUT2D eigenvalue weighted by molar-refractivity contribution is 6.77. The molecule has 6 rings (SSSR count). The molecule has 2 aromatic heterocycles. The number of amides is 2. The minimum atomic E-state index is -2.39. The summed E-state index contributed by atoms with van der Waals surface area (Å²) < 4.78 is 27.8. The molecule has 0 spiro atoms. The van der Waals surface area contributed by atoms with Crippen molar-refractivity contribution in [1.29, 1.82) is 0 Å². The number of hydrogen-bond acceptors (Lipinski definition) is 10. The standard InChI is InChI=1S/C41H47N5O7Si/c1-28(2)54(29(3)4,30(5)6)52-25-41(24-51-40(49)33-20-14-9-15-21-33)23-50-22-34(53-41)45-27-44-35-36(45)42-26-43-37(35)46(38(47)31-16-10-7-11-17-31)39(48)32-18-12-8-13-19-32/h7-21,26-30,34H,22-25H2,1-6H3/t34-,41+/m1/s1. The van der Waals surface area contributed by atoms with E-state index in [1.165, 1.54) is 12.7 Å². The predicted molar refractivity (Wildman–Crippen MR) is 207 cm³/mol. The molecule has 1 saturated heterocycles. The van der Waals surface area contributed by atoms with Gasteiger partial charge in [0.15, 0.2) is 31.5 Å². The zero-order chi connectivity index (χ0) is 38.5. The molecular weight excluding hydrogens is 703 g/mol. The van der Waals surface area contributed by atoms with Crippen LogP contribution in [0.5, 0.6) is 0 Å². The second-order valence-corrected chi connectivity index (χ2v) is 20.0. The Hall–Kier alpha value is -5.08. The third-order valence-electron chi connectivity index (χ3n) is 10.1. The highest BCUT2D eigenvalue weighted by Gasteiger charge is 2.49. The van der Waals surface area contributed by atoms with Crippen LogP contribution in [0.15, 0.2) is 104 Å². The number of carbonyl (C=O) groups is 3. The van der Waals surface area contributed by atoms with E-state index in [2.05, 4.69) is 56.5 Å². The molecule has 1 aliphatic heterocycles. The Labute approximate surface area is 316 Å². The van der Waals surface area contributed by atoms with Crippen molar-refractivity contribution in [3.05, 3.63) is 120 Å². The van der Waals surface area contributed by atoms with E-state index in [1.807, 2.05) is 6.07 Å². The molecule has 0 saturated carbocycles. The van der Waals surface area contributed by atoms with Gasteiger partial charge in [-0.2, -0.15) is 0 Å². The number of benzene rings is 3. The lowest BCUT2D eigenvalue weighted by atomic mass is 10.1. The van der Waals surface area contributed by atoms with Gasteiger partial charge >= 0.3 is 5.97 Å². The van der Waals surface area contributed by atoms with Crippen molar-refractivity contribution in [2.24, 2.45) is 0 Å². The number of rotatable bonds is 13. The molecule has 0 unspecified atom stereocenters. The molecule has 54 heavy (non-hydrogen) atoms. The fourth-order valence-electron chi connectivity index (χ4n) is 7.56. The molecule has 2 amide bonds. The second kappa shape index (κ2) is 16.5. The Balaban J connectivity index is 1.37. The van der Waals surface area contributed by atoms with Crippen LogP contribution in [-0.4, -0.2) is 77.6 Å². The van der Waals surface area contributed by atoms with Crippen LogP contribution in [0.3, 0.4) is 0 Å². The summed E-state index contributed by atoms with van der Waals surface area (Å²) in [5, 5.41) is 0. The summed E-state index contributed by atoms with van der Waals surface area (Å²) in [4.78, 5) is 55.9. The van der Waals surface area contributed by atoms with Crippen LogP contribution < -0.4 is 4.90 Å². The number of carbonyl (C=O) groups excluding carboxylic acids is 3. The molecule has 13 heteroatoms. The third-order valence-corrected chi connectivity index (χ3v) is 16.1. The van der Waals surface area contributed by atoms with E-state index in [1.54, 1.807) is 89.5 Å². The van der Waals surface area contributed by atoms with Gasteiger partial charge < -0.3 is 18.6 Å². The maximum Gasteiger partial charge on any atom is 0.338 e. The zero-order valence-electron chi connectivity index (χ0n) is 31.5. The van der Waals surface area contributed by atoms with E-state index in [-0.39, 0.29) is 37.8 Å². The van der Waals surface area contributed by atoms with Crippen molar-refractivity contribution in [3.63, 3.8) is 0 Å². The summed E-state index contributed by atoms with van der Waals surface area (Å²) in [6.07, 6.45) is 2.02. The van der Waals surface area contributed by atoms with Crippen molar-refractivity contribution in [3.8, 4) is 0 Å². The van der Waals surface area contributed by atoms with Gasteiger partial charge in [0, 0.05) is 11.1 Å². The number of fused-ring (bicyclic) bond motifs is 1. The summed E-state index contributed by atoms with van der Waals surface area (Å²) in [6.45, 7) is 13.5. The molecule has 0 bridgehead atoms. The van der Waals surface area contributed by atoms with Crippen molar-refractivity contribution in [2.45, 2.75) is 70.0 Å². The average Bonchev–Trinajstić information content (AvgIpc) is 3.63. The molecule has 0 radical (unpaired) electrons. The average molecular weight is 750 g/mol. The number of hydrogen-bond donors (Lipinski definition) is 0. The van der Waals surface area contributed by atoms with Gasteiger partial charge in [0.2, 0.25) is 0 Å². The topological polar surface area (TPSA) is 135 Å². The minimum absolute atomic E-state index is 0.0196. The summed E-state index contributed by atoms with van der Waals surface area (Å²) in [7, 11) is -2.39. The molecule has 3 heterocycles.